The number of unbranched alkanes of at least 4 members (excludes halogenated alkanes) is 48. The van der Waals surface area contributed by atoms with Crippen molar-refractivity contribution >= 4 is 13.7 Å². The van der Waals surface area contributed by atoms with E-state index in [0.29, 0.717) is 17.4 Å². The number of carbonyl (C=O) groups is 1. The zero-order valence-electron chi connectivity index (χ0n) is 55.5. The lowest BCUT2D eigenvalue weighted by atomic mass is 10.0. The van der Waals surface area contributed by atoms with E-state index in [0.717, 1.165) is 44.9 Å². The molecule has 0 aromatic rings. The van der Waals surface area contributed by atoms with Crippen molar-refractivity contribution in [3.05, 3.63) is 48.6 Å². The lowest BCUT2D eigenvalue weighted by molar-refractivity contribution is -0.870. The van der Waals surface area contributed by atoms with Crippen LogP contribution >= 0.6 is 7.82 Å². The molecule has 0 saturated heterocycles. The molecule has 0 heterocycles. The number of amides is 1. The molecule has 0 saturated carbocycles. The SMILES string of the molecule is CCCCCCCCCC/C=C\CCCCCCCCCCCCCCCCCCCCCCCCCCCC(=O)NC(COP(=O)(O)OCC[N+](C)(C)C)C(O)/C=C/CC/C=C/CC/C=C/CCCCCCCCCCCCCCC. The first-order valence-corrected chi connectivity index (χ1v) is 37.5. The lowest BCUT2D eigenvalue weighted by Gasteiger charge is -2.25. The summed E-state index contributed by atoms with van der Waals surface area (Å²) in [5.74, 6) is -0.184. The third-order valence-corrected chi connectivity index (χ3v) is 17.5. The van der Waals surface area contributed by atoms with E-state index < -0.39 is 20.0 Å². The largest absolute Gasteiger partial charge is 0.472 e. The van der Waals surface area contributed by atoms with Gasteiger partial charge in [-0.15, -0.1) is 0 Å². The summed E-state index contributed by atoms with van der Waals surface area (Å²) < 4.78 is 23.8. The predicted octanol–water partition coefficient (Wildman–Crippen LogP) is 23.0. The molecule has 484 valence electrons. The number of nitrogens with zero attached hydrogens (tertiary/aromatic N) is 1. The van der Waals surface area contributed by atoms with E-state index in [1.54, 1.807) is 6.08 Å². The molecule has 0 aliphatic rings. The summed E-state index contributed by atoms with van der Waals surface area (Å²) in [5.41, 5.74) is 0. The van der Waals surface area contributed by atoms with Gasteiger partial charge in [-0.25, -0.2) is 4.57 Å². The second-order valence-corrected chi connectivity index (χ2v) is 27.4. The maximum atomic E-state index is 13.0. The van der Waals surface area contributed by atoms with Crippen molar-refractivity contribution in [2.45, 2.75) is 373 Å². The highest BCUT2D eigenvalue weighted by Gasteiger charge is 2.28. The lowest BCUT2D eigenvalue weighted by Crippen LogP contribution is -2.45. The van der Waals surface area contributed by atoms with Gasteiger partial charge in [0.05, 0.1) is 39.9 Å². The van der Waals surface area contributed by atoms with E-state index in [2.05, 4.69) is 55.6 Å². The Morgan fingerprint density at radius 2 is 0.671 bits per heavy atom. The number of phosphoric ester groups is 1. The molecule has 3 atom stereocenters. The summed E-state index contributed by atoms with van der Waals surface area (Å²) in [7, 11) is 1.56. The normalized spacial score (nSPS) is 13.9. The van der Waals surface area contributed by atoms with Crippen LogP contribution in [0.1, 0.15) is 361 Å². The minimum atomic E-state index is -4.36. The van der Waals surface area contributed by atoms with Crippen molar-refractivity contribution in [1.82, 2.24) is 5.32 Å². The third kappa shape index (κ3) is 66.0. The Morgan fingerprint density at radius 1 is 0.402 bits per heavy atom. The Bertz CT molecular complexity index is 1480. The van der Waals surface area contributed by atoms with Crippen molar-refractivity contribution in [2.24, 2.45) is 0 Å². The second kappa shape index (κ2) is 63.9. The highest BCUT2D eigenvalue weighted by Crippen LogP contribution is 2.43. The van der Waals surface area contributed by atoms with E-state index in [-0.39, 0.29) is 19.1 Å². The molecule has 0 spiro atoms. The molecule has 0 radical (unpaired) electrons. The van der Waals surface area contributed by atoms with E-state index in [4.69, 9.17) is 9.05 Å². The van der Waals surface area contributed by atoms with E-state index >= 15 is 0 Å². The number of hydrogen-bond donors (Lipinski definition) is 3. The summed E-state index contributed by atoms with van der Waals surface area (Å²) in [6, 6.07) is -0.870. The van der Waals surface area contributed by atoms with Crippen LogP contribution < -0.4 is 5.32 Å². The van der Waals surface area contributed by atoms with Crippen LogP contribution in [0, 0.1) is 0 Å². The predicted molar refractivity (Wildman–Crippen MR) is 360 cm³/mol. The molecule has 0 aromatic heterocycles. The molecule has 0 aliphatic carbocycles. The van der Waals surface area contributed by atoms with Crippen LogP contribution in [-0.4, -0.2) is 73.4 Å². The van der Waals surface area contributed by atoms with Gasteiger partial charge in [0.1, 0.15) is 13.2 Å². The first-order chi connectivity index (χ1) is 40.0. The molecular weight excluding hydrogens is 1030 g/mol. The van der Waals surface area contributed by atoms with Crippen LogP contribution in [0.25, 0.3) is 0 Å². The Morgan fingerprint density at radius 3 is 0.976 bits per heavy atom. The Hall–Kier alpha value is -1.54. The molecule has 0 aliphatic heterocycles. The van der Waals surface area contributed by atoms with E-state index in [1.807, 2.05) is 27.2 Å². The minimum absolute atomic E-state index is 0.0547. The summed E-state index contributed by atoms with van der Waals surface area (Å²) in [6.07, 6.45) is 87.1. The number of quaternary nitrogens is 1. The number of likely N-dealkylation sites (N-methyl/N-ethyl adjacent to an activating group) is 1. The molecule has 1 amide bonds. The molecule has 82 heavy (non-hydrogen) atoms. The van der Waals surface area contributed by atoms with Gasteiger partial charge in [0.15, 0.2) is 0 Å². The molecule has 9 heteroatoms. The number of aliphatic hydroxyl groups excluding tert-OH is 1. The summed E-state index contributed by atoms with van der Waals surface area (Å²) in [6.45, 7) is 4.84. The van der Waals surface area contributed by atoms with Gasteiger partial charge in [-0.1, -0.05) is 332 Å². The third-order valence-electron chi connectivity index (χ3n) is 16.5. The fraction of sp³-hybridized carbons (Fsp3) is 0.877. The van der Waals surface area contributed by atoms with Crippen molar-refractivity contribution in [1.29, 1.82) is 0 Å². The number of allylic oxidation sites excluding steroid dienone is 7. The zero-order valence-corrected chi connectivity index (χ0v) is 56.4. The van der Waals surface area contributed by atoms with Crippen molar-refractivity contribution in [3.63, 3.8) is 0 Å². The van der Waals surface area contributed by atoms with E-state index in [1.165, 1.54) is 295 Å². The standard InChI is InChI=1S/C73H141N2O6P/c1-6-8-10-12-14-16-18-20-22-24-26-28-30-31-32-33-34-35-36-37-38-39-40-41-42-43-45-47-49-51-53-55-57-59-61-63-65-67-73(77)74-71(70-81-82(78,79)80-69-68-75(3,4)5)72(76)66-64-62-60-58-56-54-52-50-48-46-44-29-27-25-23-21-19-17-15-13-11-9-7-2/h24,26,48,50,56,58,64,66,71-72,76H,6-23,25,27-47,49,51-55,57,59-63,65,67-70H2,1-5H3,(H-,74,77,78,79)/p+1/b26-24-,50-48+,58-56+,66-64+. The van der Waals surface area contributed by atoms with Crippen LogP contribution in [-0.2, 0) is 18.4 Å². The quantitative estimate of drug-likeness (QED) is 0.0243. The molecule has 0 fully saturated rings. The molecule has 0 aromatic carbocycles. The van der Waals surface area contributed by atoms with E-state index in [9.17, 15) is 19.4 Å². The second-order valence-electron chi connectivity index (χ2n) is 25.9. The molecule has 0 bridgehead atoms. The summed E-state index contributed by atoms with van der Waals surface area (Å²) >= 11 is 0. The number of nitrogens with one attached hydrogen (secondary N) is 1. The monoisotopic (exact) mass is 1170 g/mol. The first kappa shape index (κ1) is 80.5. The van der Waals surface area contributed by atoms with Gasteiger partial charge in [0.2, 0.25) is 5.91 Å². The number of phosphoric acid groups is 1. The molecule has 8 nitrogen and oxygen atoms in total. The van der Waals surface area contributed by atoms with Gasteiger partial charge in [-0.3, -0.25) is 13.8 Å². The molecule has 3 N–H and O–H groups in total. The van der Waals surface area contributed by atoms with Crippen molar-refractivity contribution in [2.75, 3.05) is 40.9 Å². The number of hydrogen-bond acceptors (Lipinski definition) is 5. The van der Waals surface area contributed by atoms with Crippen LogP contribution in [0.2, 0.25) is 0 Å². The van der Waals surface area contributed by atoms with Gasteiger partial charge in [0, 0.05) is 6.42 Å². The molecular formula is C73H142N2O6P+. The maximum absolute atomic E-state index is 13.0. The smallest absolute Gasteiger partial charge is 0.387 e. The maximum Gasteiger partial charge on any atom is 0.472 e. The number of rotatable bonds is 67. The Labute approximate surface area is 511 Å². The van der Waals surface area contributed by atoms with Crippen LogP contribution in [0.15, 0.2) is 48.6 Å². The Balaban J connectivity index is 4.01. The van der Waals surface area contributed by atoms with Gasteiger partial charge >= 0.3 is 7.82 Å². The first-order valence-electron chi connectivity index (χ1n) is 36.0. The van der Waals surface area contributed by atoms with Gasteiger partial charge in [-0.05, 0) is 70.6 Å². The Kier molecular flexibility index (Phi) is 62.7. The number of carbonyl (C=O) groups excluding carboxylic acids is 1. The van der Waals surface area contributed by atoms with Crippen LogP contribution in [0.5, 0.6) is 0 Å². The van der Waals surface area contributed by atoms with Crippen LogP contribution in [0.3, 0.4) is 0 Å². The summed E-state index contributed by atoms with van der Waals surface area (Å²) in [5, 5.41) is 14.0. The summed E-state index contributed by atoms with van der Waals surface area (Å²) in [4.78, 5) is 23.4. The average molecular weight is 1170 g/mol. The van der Waals surface area contributed by atoms with Crippen molar-refractivity contribution in [3.8, 4) is 0 Å². The average Bonchev–Trinajstić information content (AvgIpc) is 3.47. The van der Waals surface area contributed by atoms with Crippen molar-refractivity contribution < 1.29 is 32.9 Å². The highest BCUT2D eigenvalue weighted by atomic mass is 31.2. The topological polar surface area (TPSA) is 105 Å². The highest BCUT2D eigenvalue weighted by molar-refractivity contribution is 7.47. The van der Waals surface area contributed by atoms with Gasteiger partial charge in [-0.2, -0.15) is 0 Å². The molecule has 0 rings (SSSR count). The minimum Gasteiger partial charge on any atom is -0.387 e. The zero-order chi connectivity index (χ0) is 59.8. The fourth-order valence-corrected chi connectivity index (χ4v) is 11.6. The number of aliphatic hydroxyl groups is 1. The van der Waals surface area contributed by atoms with Gasteiger partial charge < -0.3 is 19.8 Å². The van der Waals surface area contributed by atoms with Crippen LogP contribution in [0.4, 0.5) is 0 Å². The van der Waals surface area contributed by atoms with Gasteiger partial charge in [0.25, 0.3) is 0 Å². The fourth-order valence-electron chi connectivity index (χ4n) is 10.9. The molecule has 3 unspecified atom stereocenters.